The minimum atomic E-state index is -0.0873. The van der Waals surface area contributed by atoms with Crippen molar-refractivity contribution in [2.45, 2.75) is 13.3 Å². The number of rotatable bonds is 1. The van der Waals surface area contributed by atoms with Crippen molar-refractivity contribution in [1.29, 1.82) is 0 Å². The SMILES string of the molecule is CCc1nnc2nc3c(nn12)C(=O)c1ccccc1-3. The topological polar surface area (TPSA) is 73.0 Å². The molecule has 0 saturated heterocycles. The lowest BCUT2D eigenvalue weighted by atomic mass is 10.1. The first kappa shape index (κ1) is 10.3. The van der Waals surface area contributed by atoms with E-state index in [1.54, 1.807) is 10.6 Å². The average Bonchev–Trinajstić information content (AvgIpc) is 2.98. The van der Waals surface area contributed by atoms with Gasteiger partial charge in [-0.2, -0.15) is 9.61 Å². The fraction of sp³-hybridized carbons (Fsp3) is 0.154. The Morgan fingerprint density at radius 1 is 1.11 bits per heavy atom. The maximum Gasteiger partial charge on any atom is 0.272 e. The Labute approximate surface area is 108 Å². The van der Waals surface area contributed by atoms with Crippen LogP contribution in [0.5, 0.6) is 0 Å². The van der Waals surface area contributed by atoms with Crippen molar-refractivity contribution >= 4 is 11.6 Å². The van der Waals surface area contributed by atoms with E-state index in [1.807, 2.05) is 25.1 Å². The van der Waals surface area contributed by atoms with Gasteiger partial charge in [-0.05, 0) is 0 Å². The van der Waals surface area contributed by atoms with Gasteiger partial charge in [-0.15, -0.1) is 10.2 Å². The van der Waals surface area contributed by atoms with Gasteiger partial charge in [0.1, 0.15) is 5.69 Å². The van der Waals surface area contributed by atoms with Crippen molar-refractivity contribution in [2.24, 2.45) is 0 Å². The van der Waals surface area contributed by atoms with Crippen molar-refractivity contribution in [3.8, 4) is 11.3 Å². The minimum absolute atomic E-state index is 0.0873. The number of benzene rings is 1. The largest absolute Gasteiger partial charge is 0.287 e. The van der Waals surface area contributed by atoms with Crippen LogP contribution in [0.15, 0.2) is 24.3 Å². The van der Waals surface area contributed by atoms with Crippen LogP contribution < -0.4 is 0 Å². The maximum absolute atomic E-state index is 12.3. The summed E-state index contributed by atoms with van der Waals surface area (Å²) in [7, 11) is 0. The molecule has 3 aromatic rings. The zero-order valence-electron chi connectivity index (χ0n) is 10.2. The summed E-state index contributed by atoms with van der Waals surface area (Å²) in [5, 5.41) is 12.4. The number of hydrogen-bond acceptors (Lipinski definition) is 5. The van der Waals surface area contributed by atoms with Crippen molar-refractivity contribution < 1.29 is 4.79 Å². The number of nitrogens with zero attached hydrogens (tertiary/aromatic N) is 5. The predicted molar refractivity (Wildman–Crippen MR) is 66.8 cm³/mol. The molecule has 0 spiro atoms. The van der Waals surface area contributed by atoms with Crippen LogP contribution in [0.25, 0.3) is 17.0 Å². The molecule has 0 radical (unpaired) electrons. The van der Waals surface area contributed by atoms with Crippen LogP contribution in [-0.2, 0) is 6.42 Å². The smallest absolute Gasteiger partial charge is 0.272 e. The number of aromatic nitrogens is 5. The molecule has 0 fully saturated rings. The summed E-state index contributed by atoms with van der Waals surface area (Å²) in [6.07, 6.45) is 0.690. The third-order valence-corrected chi connectivity index (χ3v) is 3.28. The standard InChI is InChI=1S/C13H9N5O/c1-2-9-15-16-13-14-10-7-5-3-4-6-8(7)12(19)11(10)17-18(9)13/h3-6H,2H2,1H3. The Balaban J connectivity index is 2.09. The molecule has 92 valence electrons. The van der Waals surface area contributed by atoms with Gasteiger partial charge in [-0.1, -0.05) is 31.2 Å². The van der Waals surface area contributed by atoms with Gasteiger partial charge in [-0.25, -0.2) is 4.98 Å². The number of fused-ring (bicyclic) bond motifs is 4. The highest BCUT2D eigenvalue weighted by Gasteiger charge is 2.30. The molecule has 4 rings (SSSR count). The molecule has 0 saturated carbocycles. The van der Waals surface area contributed by atoms with E-state index in [2.05, 4.69) is 20.3 Å². The molecule has 0 unspecified atom stereocenters. The van der Waals surface area contributed by atoms with E-state index in [9.17, 15) is 4.79 Å². The Hall–Kier alpha value is -2.63. The molecule has 0 bridgehead atoms. The van der Waals surface area contributed by atoms with E-state index in [0.29, 0.717) is 35.0 Å². The summed E-state index contributed by atoms with van der Waals surface area (Å²) in [6.45, 7) is 1.96. The van der Waals surface area contributed by atoms with Crippen molar-refractivity contribution in [2.75, 3.05) is 0 Å². The van der Waals surface area contributed by atoms with Crippen molar-refractivity contribution in [3.05, 3.63) is 41.3 Å². The summed E-state index contributed by atoms with van der Waals surface area (Å²) < 4.78 is 1.54. The van der Waals surface area contributed by atoms with E-state index in [-0.39, 0.29) is 5.78 Å². The maximum atomic E-state index is 12.3. The number of carbonyl (C=O) groups is 1. The third kappa shape index (κ3) is 1.22. The molecule has 1 aliphatic carbocycles. The molecular formula is C13H9N5O. The summed E-state index contributed by atoms with van der Waals surface area (Å²) in [4.78, 5) is 16.7. The molecule has 1 aromatic carbocycles. The lowest BCUT2D eigenvalue weighted by molar-refractivity contribution is 0.103. The third-order valence-electron chi connectivity index (χ3n) is 3.28. The van der Waals surface area contributed by atoms with Gasteiger partial charge in [-0.3, -0.25) is 4.79 Å². The van der Waals surface area contributed by atoms with Gasteiger partial charge in [0.25, 0.3) is 5.78 Å². The highest BCUT2D eigenvalue weighted by molar-refractivity contribution is 6.19. The van der Waals surface area contributed by atoms with Gasteiger partial charge in [0.15, 0.2) is 11.5 Å². The summed E-state index contributed by atoms with van der Waals surface area (Å²) in [5.74, 6) is 1.05. The van der Waals surface area contributed by atoms with Crippen LogP contribution in [0.1, 0.15) is 28.8 Å². The fourth-order valence-electron chi connectivity index (χ4n) is 2.35. The summed E-state index contributed by atoms with van der Waals surface area (Å²) in [5.41, 5.74) is 2.45. The molecule has 6 nitrogen and oxygen atoms in total. The van der Waals surface area contributed by atoms with E-state index in [1.165, 1.54) is 0 Å². The summed E-state index contributed by atoms with van der Waals surface area (Å²) >= 11 is 0. The van der Waals surface area contributed by atoms with Crippen LogP contribution in [0.4, 0.5) is 0 Å². The number of hydrogen-bond donors (Lipinski definition) is 0. The van der Waals surface area contributed by atoms with Gasteiger partial charge in [0.2, 0.25) is 5.78 Å². The zero-order valence-corrected chi connectivity index (χ0v) is 10.2. The van der Waals surface area contributed by atoms with Crippen molar-refractivity contribution in [3.63, 3.8) is 0 Å². The molecule has 2 heterocycles. The van der Waals surface area contributed by atoms with Gasteiger partial charge in [0.05, 0.1) is 0 Å². The van der Waals surface area contributed by atoms with Crippen LogP contribution in [0.2, 0.25) is 0 Å². The molecule has 6 heteroatoms. The lowest BCUT2D eigenvalue weighted by Crippen LogP contribution is -2.07. The first-order chi connectivity index (χ1) is 9.29. The Kier molecular flexibility index (Phi) is 1.87. The molecule has 0 amide bonds. The van der Waals surface area contributed by atoms with Crippen LogP contribution in [0.3, 0.4) is 0 Å². The van der Waals surface area contributed by atoms with Gasteiger partial charge >= 0.3 is 0 Å². The van der Waals surface area contributed by atoms with Crippen LogP contribution in [-0.4, -0.2) is 30.6 Å². The van der Waals surface area contributed by atoms with E-state index >= 15 is 0 Å². The van der Waals surface area contributed by atoms with Crippen LogP contribution in [0, 0.1) is 0 Å². The molecule has 19 heavy (non-hydrogen) atoms. The second-order valence-corrected chi connectivity index (χ2v) is 4.37. The Morgan fingerprint density at radius 3 is 2.68 bits per heavy atom. The molecule has 0 aliphatic heterocycles. The van der Waals surface area contributed by atoms with E-state index in [0.717, 1.165) is 5.56 Å². The number of ketones is 1. The predicted octanol–water partition coefficient (Wildman–Crippen LogP) is 1.29. The van der Waals surface area contributed by atoms with E-state index < -0.39 is 0 Å². The molecule has 1 aliphatic rings. The minimum Gasteiger partial charge on any atom is -0.287 e. The number of aryl methyl sites for hydroxylation is 1. The molecule has 2 aromatic heterocycles. The zero-order chi connectivity index (χ0) is 13.0. The van der Waals surface area contributed by atoms with Gasteiger partial charge < -0.3 is 0 Å². The molecule has 0 atom stereocenters. The Morgan fingerprint density at radius 2 is 1.89 bits per heavy atom. The molecule has 0 N–H and O–H groups in total. The quantitative estimate of drug-likeness (QED) is 0.509. The van der Waals surface area contributed by atoms with Crippen LogP contribution >= 0.6 is 0 Å². The normalized spacial score (nSPS) is 12.8. The average molecular weight is 251 g/mol. The fourth-order valence-corrected chi connectivity index (χ4v) is 2.35. The summed E-state index contributed by atoms with van der Waals surface area (Å²) in [6, 6.07) is 7.39. The Bertz CT molecular complexity index is 836. The first-order valence-electron chi connectivity index (χ1n) is 6.06. The van der Waals surface area contributed by atoms with E-state index in [4.69, 9.17) is 0 Å². The molecular weight excluding hydrogens is 242 g/mol. The monoisotopic (exact) mass is 251 g/mol. The second kappa shape index (κ2) is 3.44. The first-order valence-corrected chi connectivity index (χ1v) is 6.06. The van der Waals surface area contributed by atoms with Gasteiger partial charge in [0, 0.05) is 17.5 Å². The van der Waals surface area contributed by atoms with Crippen molar-refractivity contribution in [1.82, 2.24) is 24.8 Å². The lowest BCUT2D eigenvalue weighted by Gasteiger charge is -1.99. The highest BCUT2D eigenvalue weighted by Crippen LogP contribution is 2.33. The number of carbonyl (C=O) groups excluding carboxylic acids is 1. The second-order valence-electron chi connectivity index (χ2n) is 4.37. The highest BCUT2D eigenvalue weighted by atomic mass is 16.1.